The first kappa shape index (κ1) is 8.96. The molecule has 0 heterocycles. The van der Waals surface area contributed by atoms with Gasteiger partial charge < -0.3 is 4.52 Å². The molecule has 0 aliphatic carbocycles. The van der Waals surface area contributed by atoms with Crippen LogP contribution < -0.4 is 0 Å². The van der Waals surface area contributed by atoms with E-state index in [4.69, 9.17) is 16.3 Å². The molecule has 50 valence electrons. The molecular weight excluding hydrogens is 159 g/mol. The Labute approximate surface area is 60.0 Å². The fraction of sp³-hybridized carbons (Fsp3) is 1.00. The van der Waals surface area contributed by atoms with E-state index in [9.17, 15) is 0 Å². The van der Waals surface area contributed by atoms with E-state index in [1.54, 1.807) is 18.5 Å². The van der Waals surface area contributed by atoms with Gasteiger partial charge >= 0.3 is 0 Å². The highest BCUT2D eigenvalue weighted by Gasteiger charge is 2.08. The van der Waals surface area contributed by atoms with Gasteiger partial charge in [0, 0.05) is 13.3 Å². The molecule has 0 saturated heterocycles. The number of hydrogen-bond donors (Lipinski definition) is 0. The monoisotopic (exact) mass is 170 g/mol. The maximum Gasteiger partial charge on any atom is 0.118 e. The molecule has 0 aromatic rings. The molecule has 1 unspecified atom stereocenters. The Kier molecular flexibility index (Phi) is 4.35. The largest absolute Gasteiger partial charge is 0.345 e. The van der Waals surface area contributed by atoms with Crippen molar-refractivity contribution in [2.24, 2.45) is 0 Å². The first-order valence-corrected chi connectivity index (χ1v) is 7.12. The molecule has 0 aromatic heterocycles. The molecule has 8 heavy (non-hydrogen) atoms. The molecule has 0 saturated carbocycles. The van der Waals surface area contributed by atoms with Crippen molar-refractivity contribution in [2.75, 3.05) is 19.5 Å². The van der Waals surface area contributed by atoms with Crippen molar-refractivity contribution in [3.63, 3.8) is 0 Å². The van der Waals surface area contributed by atoms with Crippen LogP contribution >= 0.6 is 16.8 Å². The maximum absolute atomic E-state index is 5.16. The molecule has 0 aromatic carbocycles. The lowest BCUT2D eigenvalue weighted by Gasteiger charge is -2.13. The van der Waals surface area contributed by atoms with Crippen molar-refractivity contribution in [1.29, 1.82) is 0 Å². The van der Waals surface area contributed by atoms with Gasteiger partial charge in [-0.3, -0.25) is 0 Å². The van der Waals surface area contributed by atoms with Crippen molar-refractivity contribution < 1.29 is 4.52 Å². The highest BCUT2D eigenvalue weighted by molar-refractivity contribution is 8.69. The Balaban J connectivity index is 3.79. The lowest BCUT2D eigenvalue weighted by Crippen LogP contribution is -1.80. The van der Waals surface area contributed by atoms with Crippen LogP contribution in [0.15, 0.2) is 0 Å². The molecule has 0 bridgehead atoms. The van der Waals surface area contributed by atoms with Gasteiger partial charge in [0.2, 0.25) is 0 Å². The van der Waals surface area contributed by atoms with Crippen LogP contribution in [0.5, 0.6) is 0 Å². The van der Waals surface area contributed by atoms with Crippen LogP contribution in [0.3, 0.4) is 0 Å². The van der Waals surface area contributed by atoms with Crippen molar-refractivity contribution in [1.82, 2.24) is 0 Å². The van der Waals surface area contributed by atoms with Crippen molar-refractivity contribution in [3.8, 4) is 0 Å². The molecule has 0 aliphatic rings. The second kappa shape index (κ2) is 3.89. The number of hydrogen-bond acceptors (Lipinski definition) is 3. The maximum atomic E-state index is 5.16. The molecule has 0 fully saturated rings. The molecule has 0 amide bonds. The molecule has 0 radical (unpaired) electrons. The average Bonchev–Trinajstić information content (AvgIpc) is 1.87. The van der Waals surface area contributed by atoms with Crippen LogP contribution in [-0.2, 0) is 16.3 Å². The van der Waals surface area contributed by atoms with E-state index < -0.39 is 5.47 Å². The zero-order chi connectivity index (χ0) is 6.62. The minimum Gasteiger partial charge on any atom is -0.345 e. The summed E-state index contributed by atoms with van der Waals surface area (Å²) < 4.78 is 5.12. The second-order valence-corrected chi connectivity index (χ2v) is 9.20. The topological polar surface area (TPSA) is 9.23 Å². The van der Waals surface area contributed by atoms with Gasteiger partial charge in [-0.25, -0.2) is 0 Å². The molecule has 0 rings (SSSR count). The van der Waals surface area contributed by atoms with Gasteiger partial charge in [0.05, 0.1) is 0 Å². The molecule has 1 nitrogen and oxygen atoms in total. The molecule has 1 atom stereocenters. The van der Waals surface area contributed by atoms with E-state index in [2.05, 4.69) is 6.92 Å². The Morgan fingerprint density at radius 3 is 2.25 bits per heavy atom. The fourth-order valence-electron chi connectivity index (χ4n) is 0.333. The summed E-state index contributed by atoms with van der Waals surface area (Å²) in [7, 11) is 1.70. The highest BCUT2D eigenvalue weighted by Crippen LogP contribution is 2.57. The Hall–Kier alpha value is 0.960. The van der Waals surface area contributed by atoms with Crippen LogP contribution in [0, 0.1) is 0 Å². The lowest BCUT2D eigenvalue weighted by molar-refractivity contribution is 0.471. The zero-order valence-corrected chi connectivity index (χ0v) is 7.91. The summed E-state index contributed by atoms with van der Waals surface area (Å²) in [6.45, 7) is 2.07. The van der Waals surface area contributed by atoms with E-state index >= 15 is 0 Å². The van der Waals surface area contributed by atoms with E-state index in [1.165, 1.54) is 0 Å². The average molecular weight is 170 g/mol. The third-order valence-electron chi connectivity index (χ3n) is 0.944. The van der Waals surface area contributed by atoms with E-state index in [0.717, 1.165) is 6.16 Å². The Morgan fingerprint density at radius 2 is 2.25 bits per heavy atom. The quantitative estimate of drug-likeness (QED) is 0.602. The molecule has 0 aliphatic heterocycles. The SMILES string of the molecule is CCP(=S)(OC)SC. The zero-order valence-electron chi connectivity index (χ0n) is 5.38. The predicted octanol–water partition coefficient (Wildman–Crippen LogP) is 2.33. The van der Waals surface area contributed by atoms with Gasteiger partial charge in [0.25, 0.3) is 0 Å². The van der Waals surface area contributed by atoms with E-state index in [0.29, 0.717) is 0 Å². The smallest absolute Gasteiger partial charge is 0.118 e. The summed E-state index contributed by atoms with van der Waals surface area (Å²) in [5.74, 6) is 0. The molecule has 0 N–H and O–H groups in total. The van der Waals surface area contributed by atoms with Gasteiger partial charge in [0.15, 0.2) is 0 Å². The lowest BCUT2D eigenvalue weighted by atomic mass is 11.0. The van der Waals surface area contributed by atoms with Crippen LogP contribution in [0.1, 0.15) is 6.92 Å². The third-order valence-corrected chi connectivity index (χ3v) is 8.29. The predicted molar refractivity (Wildman–Crippen MR) is 45.4 cm³/mol. The van der Waals surface area contributed by atoms with Crippen molar-refractivity contribution in [3.05, 3.63) is 0 Å². The van der Waals surface area contributed by atoms with Gasteiger partial charge in [-0.05, 0) is 6.26 Å². The Morgan fingerprint density at radius 1 is 1.75 bits per heavy atom. The highest BCUT2D eigenvalue weighted by atomic mass is 32.9. The summed E-state index contributed by atoms with van der Waals surface area (Å²) in [6, 6.07) is 0. The summed E-state index contributed by atoms with van der Waals surface area (Å²) in [6.07, 6.45) is 2.99. The first-order valence-electron chi connectivity index (χ1n) is 2.39. The summed E-state index contributed by atoms with van der Waals surface area (Å²) in [4.78, 5) is 0. The fourth-order valence-corrected chi connectivity index (χ4v) is 2.22. The van der Waals surface area contributed by atoms with E-state index in [-0.39, 0.29) is 0 Å². The van der Waals surface area contributed by atoms with Gasteiger partial charge in [-0.2, -0.15) is 0 Å². The Bertz CT molecular complexity index is 85.2. The third kappa shape index (κ3) is 2.49. The minimum absolute atomic E-state index is 0.986. The van der Waals surface area contributed by atoms with Crippen molar-refractivity contribution in [2.45, 2.75) is 6.92 Å². The minimum atomic E-state index is -1.41. The van der Waals surface area contributed by atoms with Crippen LogP contribution in [0.4, 0.5) is 0 Å². The second-order valence-electron chi connectivity index (χ2n) is 1.29. The van der Waals surface area contributed by atoms with Crippen LogP contribution in [-0.4, -0.2) is 19.5 Å². The number of rotatable bonds is 3. The summed E-state index contributed by atoms with van der Waals surface area (Å²) in [5.41, 5.74) is -1.41. The molecule has 0 spiro atoms. The molecular formula is C4H11OPS2. The summed E-state index contributed by atoms with van der Waals surface area (Å²) in [5, 5.41) is 0. The van der Waals surface area contributed by atoms with Crippen molar-refractivity contribution >= 4 is 28.7 Å². The molecule has 4 heteroatoms. The van der Waals surface area contributed by atoms with Crippen LogP contribution in [0.25, 0.3) is 0 Å². The van der Waals surface area contributed by atoms with Gasteiger partial charge in [-0.15, -0.1) is 11.4 Å². The van der Waals surface area contributed by atoms with E-state index in [1.807, 2.05) is 6.26 Å². The van der Waals surface area contributed by atoms with Crippen LogP contribution in [0.2, 0.25) is 0 Å². The van der Waals surface area contributed by atoms with Gasteiger partial charge in [0.1, 0.15) is 5.47 Å². The standard InChI is InChI=1S/C4H11OPS2/c1-4-6(7,5-2)8-3/h4H2,1-3H3. The first-order chi connectivity index (χ1) is 3.68. The normalized spacial score (nSPS) is 17.9. The van der Waals surface area contributed by atoms with Gasteiger partial charge in [-0.1, -0.05) is 18.7 Å². The summed E-state index contributed by atoms with van der Waals surface area (Å²) >= 11 is 6.83.